The number of halogens is 1. The molecule has 0 aliphatic heterocycles. The number of nitrogens with one attached hydrogen (secondary N) is 1. The minimum Gasteiger partial charge on any atom is -0.491 e. The van der Waals surface area contributed by atoms with Gasteiger partial charge in [0, 0.05) is 17.8 Å². The molecule has 3 rings (SSSR count). The van der Waals surface area contributed by atoms with Crippen LogP contribution in [0.15, 0.2) is 18.2 Å². The van der Waals surface area contributed by atoms with E-state index in [4.69, 9.17) is 4.74 Å². The number of rotatable bonds is 4. The summed E-state index contributed by atoms with van der Waals surface area (Å²) in [6.07, 6.45) is 3.79. The Morgan fingerprint density at radius 3 is 2.62 bits per heavy atom. The van der Waals surface area contributed by atoms with Gasteiger partial charge in [-0.1, -0.05) is 20.8 Å². The Morgan fingerprint density at radius 1 is 1.33 bits per heavy atom. The third kappa shape index (κ3) is 2.13. The molecule has 3 heteroatoms. The third-order valence-electron chi connectivity index (χ3n) is 6.37. The smallest absolute Gasteiger partial charge is 0.167 e. The molecule has 2 fully saturated rings. The van der Waals surface area contributed by atoms with E-state index in [-0.39, 0.29) is 5.82 Å². The first-order valence-electron chi connectivity index (χ1n) is 8.07. The van der Waals surface area contributed by atoms with Crippen molar-refractivity contribution in [1.29, 1.82) is 0 Å². The van der Waals surface area contributed by atoms with Gasteiger partial charge in [-0.3, -0.25) is 0 Å². The molecule has 3 unspecified atom stereocenters. The predicted octanol–water partition coefficient (Wildman–Crippen LogP) is 4.85. The van der Waals surface area contributed by atoms with E-state index in [2.05, 4.69) is 26.1 Å². The maximum atomic E-state index is 14.0. The number of benzene rings is 1. The van der Waals surface area contributed by atoms with Gasteiger partial charge in [0.1, 0.15) is 0 Å². The molecule has 0 radical (unpaired) electrons. The number of anilines is 1. The first-order chi connectivity index (χ1) is 9.88. The molecule has 2 nitrogen and oxygen atoms in total. The topological polar surface area (TPSA) is 21.3 Å². The highest BCUT2D eigenvalue weighted by atomic mass is 19.1. The summed E-state index contributed by atoms with van der Waals surface area (Å²) in [6.45, 7) is 9.53. The van der Waals surface area contributed by atoms with Crippen molar-refractivity contribution < 1.29 is 9.13 Å². The molecule has 0 saturated heterocycles. The minimum absolute atomic E-state index is 0.283. The van der Waals surface area contributed by atoms with Crippen molar-refractivity contribution in [2.75, 3.05) is 11.9 Å². The number of hydrogen-bond donors (Lipinski definition) is 1. The molecule has 0 amide bonds. The van der Waals surface area contributed by atoms with Gasteiger partial charge in [0.2, 0.25) is 0 Å². The molecule has 1 aromatic rings. The summed E-state index contributed by atoms with van der Waals surface area (Å²) in [6, 6.07) is 5.65. The van der Waals surface area contributed by atoms with Gasteiger partial charge < -0.3 is 10.1 Å². The molecule has 21 heavy (non-hydrogen) atoms. The van der Waals surface area contributed by atoms with Gasteiger partial charge in [-0.15, -0.1) is 0 Å². The van der Waals surface area contributed by atoms with Gasteiger partial charge in [0.15, 0.2) is 11.6 Å². The molecule has 2 aliphatic rings. The van der Waals surface area contributed by atoms with E-state index in [0.717, 1.165) is 11.6 Å². The molecule has 3 atom stereocenters. The Labute approximate surface area is 127 Å². The van der Waals surface area contributed by atoms with Crippen LogP contribution in [0.5, 0.6) is 5.75 Å². The van der Waals surface area contributed by atoms with Gasteiger partial charge in [-0.05, 0) is 55.1 Å². The van der Waals surface area contributed by atoms with Crippen LogP contribution in [-0.4, -0.2) is 12.6 Å². The van der Waals surface area contributed by atoms with Crippen LogP contribution in [0.2, 0.25) is 0 Å². The van der Waals surface area contributed by atoms with Crippen molar-refractivity contribution in [2.24, 2.45) is 16.7 Å². The average Bonchev–Trinajstić information content (AvgIpc) is 2.75. The van der Waals surface area contributed by atoms with Gasteiger partial charge in [0.25, 0.3) is 0 Å². The fourth-order valence-corrected chi connectivity index (χ4v) is 4.49. The number of hydrogen-bond acceptors (Lipinski definition) is 2. The van der Waals surface area contributed by atoms with E-state index in [1.807, 2.05) is 13.0 Å². The summed E-state index contributed by atoms with van der Waals surface area (Å²) < 4.78 is 19.2. The van der Waals surface area contributed by atoms with E-state index < -0.39 is 0 Å². The highest BCUT2D eigenvalue weighted by molar-refractivity contribution is 5.49. The standard InChI is InChI=1S/C18H26FNO/c1-5-21-15-7-6-13(11-14(15)19)20-16-10-12-8-9-18(16,4)17(12,2)3/h6-7,11-12,16,20H,5,8-10H2,1-4H3. The Morgan fingerprint density at radius 2 is 2.10 bits per heavy atom. The molecule has 2 saturated carbocycles. The molecule has 0 aromatic heterocycles. The fourth-order valence-electron chi connectivity index (χ4n) is 4.49. The van der Waals surface area contributed by atoms with E-state index in [1.165, 1.54) is 19.3 Å². The monoisotopic (exact) mass is 291 g/mol. The Balaban J connectivity index is 1.78. The van der Waals surface area contributed by atoms with Gasteiger partial charge in [-0.2, -0.15) is 0 Å². The van der Waals surface area contributed by atoms with Crippen LogP contribution >= 0.6 is 0 Å². The van der Waals surface area contributed by atoms with Crippen LogP contribution in [0, 0.1) is 22.6 Å². The number of ether oxygens (including phenoxy) is 1. The van der Waals surface area contributed by atoms with Crippen LogP contribution in [0.25, 0.3) is 0 Å². The van der Waals surface area contributed by atoms with Crippen molar-refractivity contribution in [3.05, 3.63) is 24.0 Å². The van der Waals surface area contributed by atoms with Crippen molar-refractivity contribution in [3.63, 3.8) is 0 Å². The summed E-state index contributed by atoms with van der Waals surface area (Å²) in [5, 5.41) is 3.58. The summed E-state index contributed by atoms with van der Waals surface area (Å²) >= 11 is 0. The molecule has 2 bridgehead atoms. The highest BCUT2D eigenvalue weighted by Gasteiger charge is 2.61. The van der Waals surface area contributed by atoms with Gasteiger partial charge in [-0.25, -0.2) is 4.39 Å². The maximum Gasteiger partial charge on any atom is 0.167 e. The SMILES string of the molecule is CCOc1ccc(NC2CC3CCC2(C)C3(C)C)cc1F. The molecule has 1 N–H and O–H groups in total. The Hall–Kier alpha value is -1.25. The van der Waals surface area contributed by atoms with Crippen LogP contribution in [0.3, 0.4) is 0 Å². The molecule has 116 valence electrons. The van der Waals surface area contributed by atoms with Crippen molar-refractivity contribution in [1.82, 2.24) is 0 Å². The highest BCUT2D eigenvalue weighted by Crippen LogP contribution is 2.65. The van der Waals surface area contributed by atoms with Crippen LogP contribution < -0.4 is 10.1 Å². The summed E-state index contributed by atoms with van der Waals surface area (Å²) in [7, 11) is 0. The maximum absolute atomic E-state index is 14.0. The number of fused-ring (bicyclic) bond motifs is 2. The van der Waals surface area contributed by atoms with Gasteiger partial charge in [0.05, 0.1) is 6.61 Å². The summed E-state index contributed by atoms with van der Waals surface area (Å²) in [5.74, 6) is 0.837. The molecular weight excluding hydrogens is 265 g/mol. The lowest BCUT2D eigenvalue weighted by Crippen LogP contribution is -2.40. The van der Waals surface area contributed by atoms with Gasteiger partial charge >= 0.3 is 0 Å². The zero-order chi connectivity index (χ0) is 15.3. The zero-order valence-corrected chi connectivity index (χ0v) is 13.5. The minimum atomic E-state index is -0.283. The van der Waals surface area contributed by atoms with Crippen molar-refractivity contribution in [3.8, 4) is 5.75 Å². The largest absolute Gasteiger partial charge is 0.491 e. The second-order valence-electron chi connectivity index (χ2n) is 7.39. The second kappa shape index (κ2) is 4.89. The fraction of sp³-hybridized carbons (Fsp3) is 0.667. The first kappa shape index (κ1) is 14.7. The van der Waals surface area contributed by atoms with Crippen molar-refractivity contribution in [2.45, 2.75) is 53.0 Å². The van der Waals surface area contributed by atoms with Crippen molar-refractivity contribution >= 4 is 5.69 Å². The van der Waals surface area contributed by atoms with Crippen LogP contribution in [-0.2, 0) is 0 Å². The van der Waals surface area contributed by atoms with E-state index in [1.54, 1.807) is 12.1 Å². The molecule has 0 heterocycles. The van der Waals surface area contributed by atoms with Crippen LogP contribution in [0.1, 0.15) is 47.0 Å². The Bertz CT molecular complexity index is 542. The normalized spacial score (nSPS) is 33.2. The molecule has 0 spiro atoms. The lowest BCUT2D eigenvalue weighted by molar-refractivity contribution is 0.142. The molecular formula is C18H26FNO. The van der Waals surface area contributed by atoms with Crippen LogP contribution in [0.4, 0.5) is 10.1 Å². The molecule has 2 aliphatic carbocycles. The first-order valence-corrected chi connectivity index (χ1v) is 8.07. The second-order valence-corrected chi connectivity index (χ2v) is 7.39. The van der Waals surface area contributed by atoms with E-state index >= 15 is 0 Å². The average molecular weight is 291 g/mol. The summed E-state index contributed by atoms with van der Waals surface area (Å²) in [4.78, 5) is 0. The molecule has 1 aromatic carbocycles. The van der Waals surface area contributed by atoms with E-state index in [9.17, 15) is 4.39 Å². The lowest BCUT2D eigenvalue weighted by atomic mass is 9.69. The third-order valence-corrected chi connectivity index (χ3v) is 6.37. The summed E-state index contributed by atoms with van der Waals surface area (Å²) in [5.41, 5.74) is 1.53. The van der Waals surface area contributed by atoms with E-state index in [0.29, 0.717) is 29.2 Å². The predicted molar refractivity (Wildman–Crippen MR) is 84.2 cm³/mol. The zero-order valence-electron chi connectivity index (χ0n) is 13.5. The lowest BCUT2D eigenvalue weighted by Gasteiger charge is -2.40. The quantitative estimate of drug-likeness (QED) is 0.856. The Kier molecular flexibility index (Phi) is 3.42.